The maximum absolute atomic E-state index is 10.8. The molecule has 1 N–H and O–H groups in total. The monoisotopic (exact) mass is 246 g/mol. The normalized spacial score (nSPS) is 12.9. The summed E-state index contributed by atoms with van der Waals surface area (Å²) in [5.41, 5.74) is 0.716. The van der Waals surface area contributed by atoms with E-state index in [2.05, 4.69) is 5.92 Å². The second kappa shape index (κ2) is 5.23. The number of carboxylic acid groups (broad SMARTS) is 1. The van der Waals surface area contributed by atoms with Crippen LogP contribution in [0, 0.1) is 11.8 Å². The van der Waals surface area contributed by atoms with Gasteiger partial charge in [0.05, 0.1) is 18.8 Å². The molecular weight excluding hydrogens is 236 g/mol. The predicted molar refractivity (Wildman–Crippen MR) is 62.0 cm³/mol. The van der Waals surface area contributed by atoms with Crippen molar-refractivity contribution in [2.24, 2.45) is 0 Å². The molecule has 0 unspecified atom stereocenters. The summed E-state index contributed by atoms with van der Waals surface area (Å²) in [6, 6.07) is 3.04. The van der Waals surface area contributed by atoms with Crippen LogP contribution in [0.1, 0.15) is 22.3 Å². The molecule has 0 aromatic heterocycles. The van der Waals surface area contributed by atoms with Gasteiger partial charge in [-0.05, 0) is 12.1 Å². The van der Waals surface area contributed by atoms with Gasteiger partial charge in [0.25, 0.3) is 0 Å². The van der Waals surface area contributed by atoms with Crippen molar-refractivity contribution in [3.05, 3.63) is 23.3 Å². The van der Waals surface area contributed by atoms with E-state index in [1.54, 1.807) is 6.07 Å². The molecule has 2 rings (SSSR count). The number of carbonyl (C=O) groups is 2. The van der Waals surface area contributed by atoms with Crippen LogP contribution in [0.5, 0.6) is 11.5 Å². The average Bonchev–Trinajstić information content (AvgIpc) is 2.60. The molecule has 1 heterocycles. The molecule has 0 atom stereocenters. The molecule has 1 aliphatic rings. The molecule has 0 aliphatic carbocycles. The first-order chi connectivity index (χ1) is 8.70. The summed E-state index contributed by atoms with van der Waals surface area (Å²) in [5.74, 6) is 4.04. The molecule has 0 spiro atoms. The second-order valence-corrected chi connectivity index (χ2v) is 3.62. The summed E-state index contributed by atoms with van der Waals surface area (Å²) in [6.07, 6.45) is 1.37. The van der Waals surface area contributed by atoms with Crippen molar-refractivity contribution >= 4 is 12.3 Å². The van der Waals surface area contributed by atoms with Crippen LogP contribution in [-0.2, 0) is 4.79 Å². The molecule has 0 fully saturated rings. The number of benzene rings is 1. The van der Waals surface area contributed by atoms with Crippen molar-refractivity contribution in [1.29, 1.82) is 0 Å². The molecule has 1 aromatic carbocycles. The molecule has 18 heavy (non-hydrogen) atoms. The minimum absolute atomic E-state index is 0.346. The topological polar surface area (TPSA) is 72.8 Å². The lowest BCUT2D eigenvalue weighted by molar-refractivity contribution is -0.130. The van der Waals surface area contributed by atoms with Gasteiger partial charge in [0, 0.05) is 17.9 Å². The average molecular weight is 246 g/mol. The van der Waals surface area contributed by atoms with Crippen molar-refractivity contribution in [3.63, 3.8) is 0 Å². The first kappa shape index (κ1) is 12.0. The Kier molecular flexibility index (Phi) is 3.49. The summed E-state index contributed by atoms with van der Waals surface area (Å²) in [4.78, 5) is 21.3. The molecule has 0 saturated heterocycles. The van der Waals surface area contributed by atoms with Crippen LogP contribution in [0.3, 0.4) is 0 Å². The summed E-state index contributed by atoms with van der Waals surface area (Å²) in [5, 5.41) is 8.55. The van der Waals surface area contributed by atoms with E-state index in [9.17, 15) is 9.59 Å². The minimum Gasteiger partial charge on any atom is -0.489 e. The van der Waals surface area contributed by atoms with Gasteiger partial charge in [-0.2, -0.15) is 0 Å². The molecule has 5 nitrogen and oxygen atoms in total. The van der Waals surface area contributed by atoms with Crippen molar-refractivity contribution in [2.45, 2.75) is 6.42 Å². The standard InChI is InChI=1S/C13H10O5/c14-8-9-6-10(2-3-12(15)16)13-11(7-9)17-4-1-5-18-13/h6-8H,1,4-5H2,(H,15,16). The Morgan fingerprint density at radius 3 is 2.83 bits per heavy atom. The fourth-order valence-corrected chi connectivity index (χ4v) is 1.58. The Bertz CT molecular complexity index is 550. The number of aldehydes is 1. The Balaban J connectivity index is 2.52. The van der Waals surface area contributed by atoms with Crippen LogP contribution in [0.2, 0.25) is 0 Å². The van der Waals surface area contributed by atoms with E-state index in [4.69, 9.17) is 14.6 Å². The lowest BCUT2D eigenvalue weighted by Crippen LogP contribution is -1.98. The number of hydrogen-bond donors (Lipinski definition) is 1. The highest BCUT2D eigenvalue weighted by Gasteiger charge is 2.15. The Labute approximate surface area is 103 Å². The third-order valence-corrected chi connectivity index (χ3v) is 2.31. The van der Waals surface area contributed by atoms with Gasteiger partial charge in [-0.3, -0.25) is 4.79 Å². The third-order valence-electron chi connectivity index (χ3n) is 2.31. The quantitative estimate of drug-likeness (QED) is 0.593. The lowest BCUT2D eigenvalue weighted by Gasteiger charge is -2.09. The van der Waals surface area contributed by atoms with Gasteiger partial charge in [0.2, 0.25) is 0 Å². The van der Waals surface area contributed by atoms with Gasteiger partial charge in [0.15, 0.2) is 11.5 Å². The zero-order valence-electron chi connectivity index (χ0n) is 9.43. The molecule has 1 aliphatic heterocycles. The maximum Gasteiger partial charge on any atom is 0.382 e. The highest BCUT2D eigenvalue weighted by atomic mass is 16.5. The van der Waals surface area contributed by atoms with Crippen molar-refractivity contribution in [1.82, 2.24) is 0 Å². The number of carbonyl (C=O) groups excluding carboxylic acids is 1. The van der Waals surface area contributed by atoms with Crippen LogP contribution in [0.25, 0.3) is 0 Å². The SMILES string of the molecule is O=Cc1cc(C#CC(=O)O)c2c(c1)OCCCO2. The van der Waals surface area contributed by atoms with Crippen molar-refractivity contribution in [2.75, 3.05) is 13.2 Å². The second-order valence-electron chi connectivity index (χ2n) is 3.62. The number of aliphatic carboxylic acids is 1. The molecule has 0 saturated carbocycles. The Morgan fingerprint density at radius 1 is 1.33 bits per heavy atom. The number of rotatable bonds is 1. The number of carboxylic acids is 1. The van der Waals surface area contributed by atoms with Crippen molar-refractivity contribution < 1.29 is 24.2 Å². The molecule has 92 valence electrons. The zero-order chi connectivity index (χ0) is 13.0. The summed E-state index contributed by atoms with van der Waals surface area (Å²) >= 11 is 0. The van der Waals surface area contributed by atoms with Crippen molar-refractivity contribution in [3.8, 4) is 23.3 Å². The number of fused-ring (bicyclic) bond motifs is 1. The zero-order valence-corrected chi connectivity index (χ0v) is 9.43. The lowest BCUT2D eigenvalue weighted by atomic mass is 10.1. The molecule has 0 bridgehead atoms. The van der Waals surface area contributed by atoms with E-state index in [-0.39, 0.29) is 0 Å². The van der Waals surface area contributed by atoms with Gasteiger partial charge in [-0.15, -0.1) is 0 Å². The molecule has 0 amide bonds. The largest absolute Gasteiger partial charge is 0.489 e. The van der Waals surface area contributed by atoms with E-state index in [1.165, 1.54) is 6.07 Å². The fraction of sp³-hybridized carbons (Fsp3) is 0.231. The smallest absolute Gasteiger partial charge is 0.382 e. The maximum atomic E-state index is 10.8. The highest BCUT2D eigenvalue weighted by Crippen LogP contribution is 2.34. The summed E-state index contributed by atoms with van der Waals surface area (Å²) in [6.45, 7) is 0.955. The highest BCUT2D eigenvalue weighted by molar-refractivity contribution is 5.88. The van der Waals surface area contributed by atoms with Gasteiger partial charge in [-0.25, -0.2) is 4.79 Å². The predicted octanol–water partition coefficient (Wildman–Crippen LogP) is 1.10. The molecular formula is C13H10O5. The Morgan fingerprint density at radius 2 is 2.11 bits per heavy atom. The molecule has 5 heteroatoms. The van der Waals surface area contributed by atoms with Gasteiger partial charge >= 0.3 is 5.97 Å². The first-order valence-electron chi connectivity index (χ1n) is 5.34. The van der Waals surface area contributed by atoms with Crippen LogP contribution < -0.4 is 9.47 Å². The van der Waals surface area contributed by atoms with Crippen LogP contribution in [-0.4, -0.2) is 30.6 Å². The van der Waals surface area contributed by atoms with Crippen LogP contribution >= 0.6 is 0 Å². The van der Waals surface area contributed by atoms with E-state index >= 15 is 0 Å². The van der Waals surface area contributed by atoms with Crippen LogP contribution in [0.15, 0.2) is 12.1 Å². The van der Waals surface area contributed by atoms with Crippen LogP contribution in [0.4, 0.5) is 0 Å². The molecule has 0 radical (unpaired) electrons. The molecule has 1 aromatic rings. The number of hydrogen-bond acceptors (Lipinski definition) is 4. The number of ether oxygens (including phenoxy) is 2. The van der Waals surface area contributed by atoms with Gasteiger partial charge in [-0.1, -0.05) is 5.92 Å². The minimum atomic E-state index is -1.24. The van der Waals surface area contributed by atoms with Gasteiger partial charge < -0.3 is 14.6 Å². The fourth-order valence-electron chi connectivity index (χ4n) is 1.58. The van der Waals surface area contributed by atoms with E-state index in [0.29, 0.717) is 42.1 Å². The van der Waals surface area contributed by atoms with E-state index in [0.717, 1.165) is 6.42 Å². The van der Waals surface area contributed by atoms with E-state index in [1.807, 2.05) is 5.92 Å². The van der Waals surface area contributed by atoms with Gasteiger partial charge in [0.1, 0.15) is 6.29 Å². The first-order valence-corrected chi connectivity index (χ1v) is 5.34. The Hall–Kier alpha value is -2.48. The van der Waals surface area contributed by atoms with E-state index < -0.39 is 5.97 Å². The third kappa shape index (κ3) is 2.61. The summed E-state index contributed by atoms with van der Waals surface area (Å²) in [7, 11) is 0. The summed E-state index contributed by atoms with van der Waals surface area (Å²) < 4.78 is 10.9.